The summed E-state index contributed by atoms with van der Waals surface area (Å²) in [6.07, 6.45) is 1.61. The molecule has 0 spiro atoms. The summed E-state index contributed by atoms with van der Waals surface area (Å²) in [4.78, 5) is 4.13. The number of aromatic amines is 1. The molecule has 0 amide bonds. The number of aliphatic imine (C=N–C) groups is 1. The van der Waals surface area contributed by atoms with Crippen molar-refractivity contribution in [2.75, 3.05) is 0 Å². The number of benzene rings is 1. The Hall–Kier alpha value is -3.13. The van der Waals surface area contributed by atoms with Crippen LogP contribution in [0.15, 0.2) is 33.9 Å². The molecule has 0 aliphatic carbocycles. The summed E-state index contributed by atoms with van der Waals surface area (Å²) in [5, 5.41) is 26.0. The summed E-state index contributed by atoms with van der Waals surface area (Å²) in [5.74, 6) is -0.241. The number of aromatic nitrogens is 2. The van der Waals surface area contributed by atoms with Gasteiger partial charge in [-0.1, -0.05) is 0 Å². The second-order valence-electron chi connectivity index (χ2n) is 5.63. The van der Waals surface area contributed by atoms with Crippen LogP contribution < -0.4 is 5.48 Å². The lowest BCUT2D eigenvalue weighted by molar-refractivity contribution is 0.235. The van der Waals surface area contributed by atoms with Crippen molar-refractivity contribution in [2.45, 2.75) is 20.8 Å². The first-order valence-electron chi connectivity index (χ1n) is 7.50. The molecule has 0 atom stereocenters. The van der Waals surface area contributed by atoms with E-state index in [0.29, 0.717) is 22.7 Å². The number of hydrogen-bond donors (Lipinski definition) is 4. The first kappa shape index (κ1) is 16.7. The largest absolute Gasteiger partial charge is 0.508 e. The zero-order valence-electron chi connectivity index (χ0n) is 13.9. The fourth-order valence-corrected chi connectivity index (χ4v) is 2.67. The van der Waals surface area contributed by atoms with Crippen LogP contribution in [0.4, 0.5) is 10.1 Å². The number of phenols is 1. The third-order valence-electron chi connectivity index (χ3n) is 3.85. The number of hydrogen-bond acceptors (Lipinski definition) is 5. The second-order valence-corrected chi connectivity index (χ2v) is 5.63. The summed E-state index contributed by atoms with van der Waals surface area (Å²) in [7, 11) is 0. The van der Waals surface area contributed by atoms with Crippen LogP contribution in [0.3, 0.4) is 0 Å². The highest BCUT2D eigenvalue weighted by Gasteiger charge is 2.22. The summed E-state index contributed by atoms with van der Waals surface area (Å²) < 4.78 is 19.4. The van der Waals surface area contributed by atoms with Gasteiger partial charge in [0.1, 0.15) is 22.9 Å². The number of rotatable bonds is 3. The third-order valence-corrected chi connectivity index (χ3v) is 3.85. The molecule has 25 heavy (non-hydrogen) atoms. The molecular weight excluding hydrogens is 327 g/mol. The van der Waals surface area contributed by atoms with Gasteiger partial charge in [0.25, 0.3) is 0 Å². The van der Waals surface area contributed by atoms with Crippen molar-refractivity contribution in [2.24, 2.45) is 4.99 Å². The van der Waals surface area contributed by atoms with Gasteiger partial charge in [0.15, 0.2) is 11.7 Å². The average molecular weight is 344 g/mol. The monoisotopic (exact) mass is 344 g/mol. The molecule has 0 fully saturated rings. The Kier molecular flexibility index (Phi) is 4.28. The lowest BCUT2D eigenvalue weighted by Gasteiger charge is -2.08. The molecule has 0 aliphatic rings. The quantitative estimate of drug-likeness (QED) is 0.330. The van der Waals surface area contributed by atoms with E-state index >= 15 is 0 Å². The van der Waals surface area contributed by atoms with Gasteiger partial charge in [-0.25, -0.2) is 9.38 Å². The van der Waals surface area contributed by atoms with Crippen LogP contribution in [0.5, 0.6) is 5.75 Å². The minimum Gasteiger partial charge on any atom is -0.508 e. The van der Waals surface area contributed by atoms with Crippen LogP contribution in [0, 0.1) is 26.6 Å². The zero-order chi connectivity index (χ0) is 18.1. The first-order valence-corrected chi connectivity index (χ1v) is 7.50. The first-order chi connectivity index (χ1) is 11.9. The minimum absolute atomic E-state index is 0.0193. The number of nitrogens with one attached hydrogen (secondary N) is 2. The van der Waals surface area contributed by atoms with E-state index in [1.54, 1.807) is 20.1 Å². The smallest absolute Gasteiger partial charge is 0.161 e. The van der Waals surface area contributed by atoms with Gasteiger partial charge in [0, 0.05) is 17.3 Å². The van der Waals surface area contributed by atoms with E-state index < -0.39 is 5.82 Å². The number of H-pyrrole nitrogens is 1. The van der Waals surface area contributed by atoms with Crippen molar-refractivity contribution in [1.82, 2.24) is 15.7 Å². The highest BCUT2D eigenvalue weighted by Crippen LogP contribution is 2.32. The van der Waals surface area contributed by atoms with Gasteiger partial charge < -0.3 is 9.52 Å². The predicted octanol–water partition coefficient (Wildman–Crippen LogP) is 3.50. The number of aromatic hydroxyl groups is 1. The lowest BCUT2D eigenvalue weighted by Crippen LogP contribution is -2.21. The van der Waals surface area contributed by atoms with Gasteiger partial charge in [0.2, 0.25) is 0 Å². The SMILES string of the molecule is Cc1coc(C)c1-c1n[nH]c(C)c1C(=Nc1ccc(O)cc1F)NO. The van der Waals surface area contributed by atoms with Gasteiger partial charge in [-0.2, -0.15) is 5.10 Å². The minimum atomic E-state index is -0.717. The maximum absolute atomic E-state index is 14.0. The van der Waals surface area contributed by atoms with Crippen molar-refractivity contribution < 1.29 is 19.1 Å². The van der Waals surface area contributed by atoms with E-state index in [9.17, 15) is 14.7 Å². The van der Waals surface area contributed by atoms with Crippen molar-refractivity contribution in [1.29, 1.82) is 0 Å². The maximum atomic E-state index is 14.0. The zero-order valence-corrected chi connectivity index (χ0v) is 13.9. The van der Waals surface area contributed by atoms with Crippen LogP contribution in [0.1, 0.15) is 22.6 Å². The molecule has 130 valence electrons. The highest BCUT2D eigenvalue weighted by molar-refractivity contribution is 6.05. The second kappa shape index (κ2) is 6.40. The van der Waals surface area contributed by atoms with E-state index in [1.165, 1.54) is 12.1 Å². The molecule has 3 rings (SSSR count). The summed E-state index contributed by atoms with van der Waals surface area (Å²) in [5.41, 5.74) is 5.26. The molecule has 3 aromatic rings. The molecule has 0 saturated heterocycles. The van der Waals surface area contributed by atoms with Crippen molar-refractivity contribution in [3.05, 3.63) is 52.9 Å². The predicted molar refractivity (Wildman–Crippen MR) is 89.7 cm³/mol. The highest BCUT2D eigenvalue weighted by atomic mass is 19.1. The standard InChI is InChI=1S/C17H17FN4O3/c1-8-7-25-10(3)14(8)16-15(9(2)20-21-16)17(22-24)19-13-5-4-11(23)6-12(13)18/h4-7,23-24H,1-3H3,(H,19,22)(H,20,21). The van der Waals surface area contributed by atoms with Gasteiger partial charge >= 0.3 is 0 Å². The number of phenolic OH excluding ortho intramolecular Hbond substituents is 1. The number of nitrogens with zero attached hydrogens (tertiary/aromatic N) is 2. The van der Waals surface area contributed by atoms with E-state index in [1.807, 2.05) is 12.4 Å². The van der Waals surface area contributed by atoms with Crippen LogP contribution in [0.2, 0.25) is 0 Å². The average Bonchev–Trinajstić information content (AvgIpc) is 3.09. The Morgan fingerprint density at radius 1 is 1.32 bits per heavy atom. The summed E-state index contributed by atoms with van der Waals surface area (Å²) >= 11 is 0. The molecule has 7 nitrogen and oxygen atoms in total. The van der Waals surface area contributed by atoms with E-state index in [2.05, 4.69) is 15.2 Å². The molecule has 8 heteroatoms. The fraction of sp³-hybridized carbons (Fsp3) is 0.176. The Labute approximate surface area is 142 Å². The van der Waals surface area contributed by atoms with Crippen molar-refractivity contribution in [3.8, 4) is 17.0 Å². The third kappa shape index (κ3) is 2.99. The Morgan fingerprint density at radius 2 is 2.08 bits per heavy atom. The molecule has 4 N–H and O–H groups in total. The van der Waals surface area contributed by atoms with Gasteiger partial charge in [-0.3, -0.25) is 15.8 Å². The fourth-order valence-electron chi connectivity index (χ4n) is 2.67. The topological polar surface area (TPSA) is 107 Å². The van der Waals surface area contributed by atoms with Gasteiger partial charge in [0.05, 0.1) is 11.8 Å². The lowest BCUT2D eigenvalue weighted by atomic mass is 10.0. The van der Waals surface area contributed by atoms with Crippen LogP contribution in [-0.2, 0) is 0 Å². The molecule has 2 heterocycles. The Balaban J connectivity index is 2.17. The van der Waals surface area contributed by atoms with E-state index in [4.69, 9.17) is 4.42 Å². The van der Waals surface area contributed by atoms with Gasteiger partial charge in [-0.15, -0.1) is 0 Å². The molecule has 0 radical (unpaired) electrons. The molecule has 0 unspecified atom stereocenters. The number of furan rings is 1. The molecule has 0 aliphatic heterocycles. The summed E-state index contributed by atoms with van der Waals surface area (Å²) in [6.45, 7) is 5.44. The molecular formula is C17H17FN4O3. The number of aryl methyl sites for hydroxylation is 3. The van der Waals surface area contributed by atoms with Gasteiger partial charge in [-0.05, 0) is 38.5 Å². The number of hydroxylamine groups is 1. The summed E-state index contributed by atoms with van der Waals surface area (Å²) in [6, 6.07) is 3.57. The van der Waals surface area contributed by atoms with E-state index in [-0.39, 0.29) is 17.3 Å². The van der Waals surface area contributed by atoms with Crippen LogP contribution in [0.25, 0.3) is 11.3 Å². The Morgan fingerprint density at radius 3 is 2.68 bits per heavy atom. The molecule has 2 aromatic heterocycles. The molecule has 0 saturated carbocycles. The van der Waals surface area contributed by atoms with E-state index in [0.717, 1.165) is 17.2 Å². The van der Waals surface area contributed by atoms with Crippen molar-refractivity contribution >= 4 is 11.5 Å². The van der Waals surface area contributed by atoms with Crippen LogP contribution >= 0.6 is 0 Å². The number of amidine groups is 1. The Bertz CT molecular complexity index is 939. The molecule has 0 bridgehead atoms. The molecule has 1 aromatic carbocycles. The maximum Gasteiger partial charge on any atom is 0.161 e. The van der Waals surface area contributed by atoms with Crippen LogP contribution in [-0.4, -0.2) is 26.3 Å². The van der Waals surface area contributed by atoms with Crippen molar-refractivity contribution in [3.63, 3.8) is 0 Å². The normalized spacial score (nSPS) is 11.8. The number of halogens is 1.